The van der Waals surface area contributed by atoms with Crippen LogP contribution in [0.5, 0.6) is 0 Å². The molecule has 0 spiro atoms. The Bertz CT molecular complexity index is 637. The monoisotopic (exact) mass is 348 g/mol. The second-order valence-corrected chi connectivity index (χ2v) is 7.10. The summed E-state index contributed by atoms with van der Waals surface area (Å²) in [6, 6.07) is 2.87. The summed E-state index contributed by atoms with van der Waals surface area (Å²) in [5, 5.41) is 21.2. The SMILES string of the molecule is CC(=O)N[C@@H]1CO[C@@H]2CCN(C(=O)c3cccnn3)C[C@@H]2C[C@@]1(C)O. The van der Waals surface area contributed by atoms with Gasteiger partial charge in [0.1, 0.15) is 0 Å². The van der Waals surface area contributed by atoms with Gasteiger partial charge in [0.25, 0.3) is 5.91 Å². The molecule has 2 aliphatic heterocycles. The summed E-state index contributed by atoms with van der Waals surface area (Å²) in [6.45, 7) is 4.47. The zero-order valence-electron chi connectivity index (χ0n) is 14.5. The Morgan fingerprint density at radius 1 is 1.48 bits per heavy atom. The minimum Gasteiger partial charge on any atom is -0.388 e. The van der Waals surface area contributed by atoms with Gasteiger partial charge in [-0.15, -0.1) is 5.10 Å². The van der Waals surface area contributed by atoms with Crippen LogP contribution in [0.2, 0.25) is 0 Å². The van der Waals surface area contributed by atoms with E-state index in [1.807, 2.05) is 0 Å². The second-order valence-electron chi connectivity index (χ2n) is 7.10. The molecule has 2 fully saturated rings. The fourth-order valence-corrected chi connectivity index (χ4v) is 3.70. The molecular weight excluding hydrogens is 324 g/mol. The van der Waals surface area contributed by atoms with Gasteiger partial charge in [0.05, 0.1) is 24.4 Å². The van der Waals surface area contributed by atoms with Gasteiger partial charge in [-0.25, -0.2) is 0 Å². The molecule has 0 aliphatic carbocycles. The summed E-state index contributed by atoms with van der Waals surface area (Å²) < 4.78 is 5.95. The lowest BCUT2D eigenvalue weighted by Crippen LogP contribution is -2.53. The smallest absolute Gasteiger partial charge is 0.274 e. The quantitative estimate of drug-likeness (QED) is 0.778. The molecule has 8 heteroatoms. The van der Waals surface area contributed by atoms with Crippen LogP contribution < -0.4 is 5.32 Å². The summed E-state index contributed by atoms with van der Waals surface area (Å²) in [5.41, 5.74) is -0.776. The van der Waals surface area contributed by atoms with E-state index >= 15 is 0 Å². The number of likely N-dealkylation sites (tertiary alicyclic amines) is 1. The van der Waals surface area contributed by atoms with Crippen molar-refractivity contribution in [2.45, 2.75) is 44.4 Å². The molecule has 1 aromatic heterocycles. The zero-order valence-corrected chi connectivity index (χ0v) is 14.5. The third kappa shape index (κ3) is 3.96. The van der Waals surface area contributed by atoms with E-state index in [1.54, 1.807) is 24.0 Å². The van der Waals surface area contributed by atoms with Crippen LogP contribution >= 0.6 is 0 Å². The van der Waals surface area contributed by atoms with Crippen molar-refractivity contribution in [2.75, 3.05) is 19.7 Å². The van der Waals surface area contributed by atoms with Crippen LogP contribution in [0.25, 0.3) is 0 Å². The van der Waals surface area contributed by atoms with Crippen molar-refractivity contribution in [2.24, 2.45) is 5.92 Å². The summed E-state index contributed by atoms with van der Waals surface area (Å²) in [7, 11) is 0. The molecule has 2 aliphatic rings. The fraction of sp³-hybridized carbons (Fsp3) is 0.647. The number of nitrogens with zero attached hydrogens (tertiary/aromatic N) is 3. The number of amides is 2. The summed E-state index contributed by atoms with van der Waals surface area (Å²) in [4.78, 5) is 25.7. The predicted octanol–water partition coefficient (Wildman–Crippen LogP) is -0.0167. The third-order valence-corrected chi connectivity index (χ3v) is 5.02. The molecule has 0 radical (unpaired) electrons. The van der Waals surface area contributed by atoms with Gasteiger partial charge < -0.3 is 20.1 Å². The number of fused-ring (bicyclic) bond motifs is 1. The topological polar surface area (TPSA) is 105 Å². The predicted molar refractivity (Wildman–Crippen MR) is 88.6 cm³/mol. The number of nitrogens with one attached hydrogen (secondary N) is 1. The Labute approximate surface area is 146 Å². The molecule has 2 saturated heterocycles. The molecule has 3 heterocycles. The first kappa shape index (κ1) is 17.8. The lowest BCUT2D eigenvalue weighted by atomic mass is 9.82. The Balaban J connectivity index is 1.71. The largest absolute Gasteiger partial charge is 0.388 e. The van der Waals surface area contributed by atoms with Crippen molar-refractivity contribution in [1.82, 2.24) is 20.4 Å². The third-order valence-electron chi connectivity index (χ3n) is 5.02. The van der Waals surface area contributed by atoms with Crippen LogP contribution in [0.3, 0.4) is 0 Å². The van der Waals surface area contributed by atoms with Gasteiger partial charge >= 0.3 is 0 Å². The van der Waals surface area contributed by atoms with Gasteiger partial charge in [0, 0.05) is 32.1 Å². The molecule has 1 aromatic rings. The zero-order chi connectivity index (χ0) is 18.0. The Hall–Kier alpha value is -2.06. The Morgan fingerprint density at radius 2 is 2.28 bits per heavy atom. The molecule has 3 rings (SSSR count). The van der Waals surface area contributed by atoms with Gasteiger partial charge in [-0.1, -0.05) is 0 Å². The van der Waals surface area contributed by atoms with Gasteiger partial charge in [-0.2, -0.15) is 5.10 Å². The first-order chi connectivity index (χ1) is 11.9. The van der Waals surface area contributed by atoms with E-state index < -0.39 is 11.6 Å². The first-order valence-electron chi connectivity index (χ1n) is 8.55. The normalized spacial score (nSPS) is 32.4. The standard InChI is InChI=1S/C17H24N4O4/c1-11(22)19-15-10-25-14-5-7-21(9-12(14)8-17(15,2)24)16(23)13-4-3-6-18-20-13/h3-4,6,12,14-15,24H,5,7-10H2,1-2H3,(H,19,22)/t12-,14+,15+,17+/m0/s1. The van der Waals surface area contributed by atoms with Crippen LogP contribution in [0.4, 0.5) is 0 Å². The average Bonchev–Trinajstić information content (AvgIpc) is 2.70. The van der Waals surface area contributed by atoms with Gasteiger partial charge in [0.15, 0.2) is 5.69 Å². The van der Waals surface area contributed by atoms with E-state index in [0.29, 0.717) is 31.6 Å². The van der Waals surface area contributed by atoms with Gasteiger partial charge in [-0.05, 0) is 31.9 Å². The van der Waals surface area contributed by atoms with E-state index in [0.717, 1.165) is 0 Å². The molecule has 4 atom stereocenters. The van der Waals surface area contributed by atoms with Crippen molar-refractivity contribution < 1.29 is 19.4 Å². The molecular formula is C17H24N4O4. The minimum absolute atomic E-state index is 0.00290. The molecule has 0 unspecified atom stereocenters. The molecule has 136 valence electrons. The number of hydrogen-bond acceptors (Lipinski definition) is 6. The van der Waals surface area contributed by atoms with Crippen molar-refractivity contribution in [3.05, 3.63) is 24.0 Å². The number of hydrogen-bond donors (Lipinski definition) is 2. The number of aliphatic hydroxyl groups is 1. The van der Waals surface area contributed by atoms with Gasteiger partial charge in [-0.3, -0.25) is 9.59 Å². The highest BCUT2D eigenvalue weighted by Gasteiger charge is 2.44. The van der Waals surface area contributed by atoms with Crippen molar-refractivity contribution in [3.63, 3.8) is 0 Å². The maximum absolute atomic E-state index is 12.6. The first-order valence-corrected chi connectivity index (χ1v) is 8.55. The Morgan fingerprint density at radius 3 is 2.96 bits per heavy atom. The molecule has 2 amide bonds. The summed E-state index contributed by atoms with van der Waals surface area (Å²) >= 11 is 0. The second kappa shape index (κ2) is 7.05. The summed E-state index contributed by atoms with van der Waals surface area (Å²) in [6.07, 6.45) is 2.64. The van der Waals surface area contributed by atoms with E-state index in [2.05, 4.69) is 15.5 Å². The molecule has 0 bridgehead atoms. The highest BCUT2D eigenvalue weighted by molar-refractivity contribution is 5.92. The number of rotatable bonds is 2. The number of carbonyl (C=O) groups excluding carboxylic acids is 2. The van der Waals surface area contributed by atoms with Crippen molar-refractivity contribution >= 4 is 11.8 Å². The Kier molecular flexibility index (Phi) is 5.01. The van der Waals surface area contributed by atoms with Crippen LogP contribution in [0, 0.1) is 5.92 Å². The molecule has 0 aromatic carbocycles. The number of aromatic nitrogens is 2. The van der Waals surface area contributed by atoms with Gasteiger partial charge in [0.2, 0.25) is 5.91 Å². The maximum atomic E-state index is 12.6. The molecule has 2 N–H and O–H groups in total. The number of piperidine rings is 1. The highest BCUT2D eigenvalue weighted by Crippen LogP contribution is 2.33. The average molecular weight is 348 g/mol. The lowest BCUT2D eigenvalue weighted by molar-refractivity contribution is -0.122. The lowest BCUT2D eigenvalue weighted by Gasteiger charge is -2.39. The number of carbonyl (C=O) groups is 2. The minimum atomic E-state index is -1.09. The van der Waals surface area contributed by atoms with E-state index in [9.17, 15) is 14.7 Å². The maximum Gasteiger partial charge on any atom is 0.274 e. The highest BCUT2D eigenvalue weighted by atomic mass is 16.5. The molecule has 0 saturated carbocycles. The summed E-state index contributed by atoms with van der Waals surface area (Å²) in [5.74, 6) is -0.352. The fourth-order valence-electron chi connectivity index (χ4n) is 3.70. The molecule has 8 nitrogen and oxygen atoms in total. The van der Waals surface area contributed by atoms with E-state index in [-0.39, 0.29) is 30.4 Å². The molecule has 25 heavy (non-hydrogen) atoms. The number of ether oxygens (including phenoxy) is 1. The van der Waals surface area contributed by atoms with Crippen LogP contribution in [-0.4, -0.2) is 69.5 Å². The van der Waals surface area contributed by atoms with Crippen LogP contribution in [0.15, 0.2) is 18.3 Å². The van der Waals surface area contributed by atoms with Crippen molar-refractivity contribution in [1.29, 1.82) is 0 Å². The van der Waals surface area contributed by atoms with Crippen LogP contribution in [-0.2, 0) is 9.53 Å². The van der Waals surface area contributed by atoms with E-state index in [4.69, 9.17) is 4.74 Å². The van der Waals surface area contributed by atoms with Crippen LogP contribution in [0.1, 0.15) is 37.2 Å². The van der Waals surface area contributed by atoms with E-state index in [1.165, 1.54) is 13.1 Å². The van der Waals surface area contributed by atoms with Crippen molar-refractivity contribution in [3.8, 4) is 0 Å².